The number of urea groups is 1. The lowest BCUT2D eigenvalue weighted by atomic mass is 9.85. The van der Waals surface area contributed by atoms with Crippen molar-refractivity contribution < 1.29 is 9.59 Å². The second-order valence-corrected chi connectivity index (χ2v) is 10.8. The number of amides is 2. The third-order valence-electron chi connectivity index (χ3n) is 8.16. The molecule has 1 aromatic heterocycles. The van der Waals surface area contributed by atoms with Crippen molar-refractivity contribution in [2.45, 2.75) is 58.7 Å². The summed E-state index contributed by atoms with van der Waals surface area (Å²) in [6.45, 7) is 6.85. The zero-order valence-corrected chi connectivity index (χ0v) is 22.0. The van der Waals surface area contributed by atoms with Gasteiger partial charge in [0.15, 0.2) is 5.78 Å². The molecule has 9 heteroatoms. The van der Waals surface area contributed by atoms with Gasteiger partial charge in [-0.3, -0.25) is 14.8 Å². The summed E-state index contributed by atoms with van der Waals surface area (Å²) in [4.78, 5) is 41.2. The van der Waals surface area contributed by atoms with Crippen LogP contribution in [0.2, 0.25) is 5.02 Å². The number of carbonyl (C=O) groups is 2. The molecule has 0 bridgehead atoms. The number of piperidine rings is 1. The molecular formula is C28H31ClN6O2. The average molecular weight is 519 g/mol. The fourth-order valence-electron chi connectivity index (χ4n) is 6.10. The molecule has 6 rings (SSSR count). The first-order valence-corrected chi connectivity index (χ1v) is 13.5. The highest BCUT2D eigenvalue weighted by Crippen LogP contribution is 2.36. The molecule has 1 atom stereocenters. The maximum atomic E-state index is 13.5. The summed E-state index contributed by atoms with van der Waals surface area (Å²) >= 11 is 6.64. The largest absolute Gasteiger partial charge is 0.328 e. The van der Waals surface area contributed by atoms with Gasteiger partial charge >= 0.3 is 6.03 Å². The average Bonchev–Trinajstić information content (AvgIpc) is 3.52. The van der Waals surface area contributed by atoms with E-state index < -0.39 is 0 Å². The van der Waals surface area contributed by atoms with E-state index in [1.807, 2.05) is 36.4 Å². The number of Topliss-reactive ketones (excluding diaryl/α,β-unsaturated/α-hetero) is 1. The van der Waals surface area contributed by atoms with Gasteiger partial charge < -0.3 is 14.8 Å². The maximum Gasteiger partial charge on any atom is 0.317 e. The number of rotatable bonds is 3. The fourth-order valence-corrected chi connectivity index (χ4v) is 6.39. The molecule has 4 aliphatic heterocycles. The first kappa shape index (κ1) is 24.1. The molecule has 0 saturated carbocycles. The quantitative estimate of drug-likeness (QED) is 0.664. The van der Waals surface area contributed by atoms with Crippen LogP contribution in [-0.2, 0) is 30.7 Å². The summed E-state index contributed by atoms with van der Waals surface area (Å²) in [7, 11) is 0. The van der Waals surface area contributed by atoms with E-state index in [1.54, 1.807) is 0 Å². The predicted octanol–water partition coefficient (Wildman–Crippen LogP) is 4.07. The number of aromatic nitrogens is 2. The highest BCUT2D eigenvalue weighted by molar-refractivity contribution is 6.32. The second-order valence-electron chi connectivity index (χ2n) is 10.4. The van der Waals surface area contributed by atoms with Gasteiger partial charge in [-0.05, 0) is 55.4 Å². The number of carbonyl (C=O) groups excluding carboxylic acids is 2. The second kappa shape index (κ2) is 9.56. The molecule has 1 fully saturated rings. The summed E-state index contributed by atoms with van der Waals surface area (Å²) in [6, 6.07) is 1.70. The molecule has 0 aliphatic carbocycles. The van der Waals surface area contributed by atoms with Crippen molar-refractivity contribution in [3.05, 3.63) is 62.7 Å². The van der Waals surface area contributed by atoms with E-state index in [1.165, 1.54) is 5.56 Å². The summed E-state index contributed by atoms with van der Waals surface area (Å²) in [5.74, 6) is 1.17. The molecule has 8 nitrogen and oxygen atoms in total. The van der Waals surface area contributed by atoms with Gasteiger partial charge in [-0.2, -0.15) is 0 Å². The highest BCUT2D eigenvalue weighted by atomic mass is 35.5. The van der Waals surface area contributed by atoms with Gasteiger partial charge in [0, 0.05) is 65.1 Å². The Bertz CT molecular complexity index is 1380. The van der Waals surface area contributed by atoms with Gasteiger partial charge in [0.25, 0.3) is 0 Å². The van der Waals surface area contributed by atoms with E-state index in [9.17, 15) is 9.59 Å². The zero-order valence-electron chi connectivity index (χ0n) is 21.3. The van der Waals surface area contributed by atoms with Crippen molar-refractivity contribution in [3.63, 3.8) is 0 Å². The number of aliphatic imine (C=N–C) groups is 2. The first-order valence-electron chi connectivity index (χ1n) is 13.1. The van der Waals surface area contributed by atoms with E-state index in [0.717, 1.165) is 63.8 Å². The van der Waals surface area contributed by atoms with Gasteiger partial charge in [-0.1, -0.05) is 18.5 Å². The molecule has 1 N–H and O–H groups in total. The molecule has 1 saturated heterocycles. The lowest BCUT2D eigenvalue weighted by molar-refractivity contribution is -0.115. The summed E-state index contributed by atoms with van der Waals surface area (Å²) in [5, 5.41) is 4.02. The number of likely N-dealkylation sites (tertiary alicyclic amines) is 1. The SMILES string of the molecule is CCc1cnc2n1Cc1c(cc(Cl)c3c1C=NC3)C[C@H]2NC(=O)N1CCC(C2=CC(C)=NCC2=O)CC1. The summed E-state index contributed by atoms with van der Waals surface area (Å²) < 4.78 is 2.24. The lowest BCUT2D eigenvalue weighted by Gasteiger charge is -2.34. The number of allylic oxidation sites excluding steroid dienone is 1. The number of hydrogen-bond acceptors (Lipinski definition) is 5. The molecule has 192 valence electrons. The molecule has 2 amide bonds. The Morgan fingerprint density at radius 3 is 2.81 bits per heavy atom. The van der Waals surface area contributed by atoms with E-state index in [-0.39, 0.29) is 30.3 Å². The molecule has 5 heterocycles. The summed E-state index contributed by atoms with van der Waals surface area (Å²) in [6.07, 6.45) is 8.83. The number of benzene rings is 1. The van der Waals surface area contributed by atoms with Gasteiger partial charge in [0.2, 0.25) is 0 Å². The van der Waals surface area contributed by atoms with Crippen molar-refractivity contribution in [2.24, 2.45) is 15.9 Å². The van der Waals surface area contributed by atoms with Crippen LogP contribution >= 0.6 is 11.6 Å². The van der Waals surface area contributed by atoms with E-state index >= 15 is 0 Å². The Hall–Kier alpha value is -3.26. The van der Waals surface area contributed by atoms with Crippen LogP contribution in [0.4, 0.5) is 4.79 Å². The van der Waals surface area contributed by atoms with Crippen LogP contribution in [0.25, 0.3) is 0 Å². The van der Waals surface area contributed by atoms with Gasteiger partial charge in [0.1, 0.15) is 12.4 Å². The minimum atomic E-state index is -0.263. The Balaban J connectivity index is 1.22. The number of ketones is 1. The van der Waals surface area contributed by atoms with Crippen LogP contribution in [0.3, 0.4) is 0 Å². The third kappa shape index (κ3) is 4.31. The molecule has 37 heavy (non-hydrogen) atoms. The van der Waals surface area contributed by atoms with Crippen LogP contribution in [0.15, 0.2) is 33.9 Å². The third-order valence-corrected chi connectivity index (χ3v) is 8.50. The van der Waals surface area contributed by atoms with E-state index in [2.05, 4.69) is 26.8 Å². The van der Waals surface area contributed by atoms with Crippen molar-refractivity contribution in [1.82, 2.24) is 19.8 Å². The molecule has 0 radical (unpaired) electrons. The first-order chi connectivity index (χ1) is 17.9. The minimum Gasteiger partial charge on any atom is -0.328 e. The number of aryl methyl sites for hydroxylation is 1. The molecular weight excluding hydrogens is 488 g/mol. The van der Waals surface area contributed by atoms with Gasteiger partial charge in [-0.25, -0.2) is 9.78 Å². The van der Waals surface area contributed by atoms with Crippen LogP contribution in [0.1, 0.15) is 66.5 Å². The zero-order chi connectivity index (χ0) is 25.7. The minimum absolute atomic E-state index is 0.0880. The Morgan fingerprint density at radius 2 is 2.03 bits per heavy atom. The Kier molecular flexibility index (Phi) is 6.23. The number of halogens is 1. The smallest absolute Gasteiger partial charge is 0.317 e. The van der Waals surface area contributed by atoms with E-state index in [4.69, 9.17) is 16.6 Å². The van der Waals surface area contributed by atoms with Gasteiger partial charge in [-0.15, -0.1) is 0 Å². The number of dihydropyridines is 1. The Morgan fingerprint density at radius 1 is 1.22 bits per heavy atom. The van der Waals surface area contributed by atoms with Crippen molar-refractivity contribution >= 4 is 35.3 Å². The van der Waals surface area contributed by atoms with Crippen LogP contribution < -0.4 is 5.32 Å². The van der Waals surface area contributed by atoms with Crippen molar-refractivity contribution in [2.75, 3.05) is 19.6 Å². The monoisotopic (exact) mass is 518 g/mol. The molecule has 1 aromatic carbocycles. The molecule has 4 aliphatic rings. The number of imidazole rings is 1. The summed E-state index contributed by atoms with van der Waals surface area (Å²) in [5.41, 5.74) is 7.47. The van der Waals surface area contributed by atoms with Crippen molar-refractivity contribution in [3.8, 4) is 0 Å². The standard InChI is InChI=1S/C28H31ClN6O2/c1-3-19-11-32-27-25(10-18-9-24(29)22-13-30-12-21(22)23(18)15-35(19)27)33-28(37)34-6-4-17(5-7-34)20-8-16(2)31-14-26(20)36/h8-9,11-12,17,25H,3-7,10,13-15H2,1-2H3,(H,33,37)/t25-/m1/s1. The topological polar surface area (TPSA) is 91.9 Å². The van der Waals surface area contributed by atoms with Crippen molar-refractivity contribution in [1.29, 1.82) is 0 Å². The molecule has 2 aromatic rings. The Labute approximate surface area is 221 Å². The van der Waals surface area contributed by atoms with Crippen LogP contribution in [0, 0.1) is 5.92 Å². The van der Waals surface area contributed by atoms with Crippen LogP contribution in [-0.4, -0.2) is 57.8 Å². The molecule has 0 unspecified atom stereocenters. The normalized spacial score (nSPS) is 21.1. The number of nitrogens with zero attached hydrogens (tertiary/aromatic N) is 5. The number of fused-ring (bicyclic) bond motifs is 4. The number of hydrogen-bond donors (Lipinski definition) is 1. The van der Waals surface area contributed by atoms with Crippen LogP contribution in [0.5, 0.6) is 0 Å². The highest BCUT2D eigenvalue weighted by Gasteiger charge is 2.33. The lowest BCUT2D eigenvalue weighted by Crippen LogP contribution is -2.46. The predicted molar refractivity (Wildman–Crippen MR) is 144 cm³/mol. The maximum absolute atomic E-state index is 13.5. The van der Waals surface area contributed by atoms with E-state index in [0.29, 0.717) is 32.6 Å². The van der Waals surface area contributed by atoms with Gasteiger partial charge in [0.05, 0.1) is 19.1 Å². The number of nitrogens with one attached hydrogen (secondary N) is 1. The molecule has 0 spiro atoms. The fraction of sp³-hybridized carbons (Fsp3) is 0.464.